The van der Waals surface area contributed by atoms with Crippen molar-refractivity contribution in [3.8, 4) is 0 Å². The Labute approximate surface area is 102 Å². The summed E-state index contributed by atoms with van der Waals surface area (Å²) >= 11 is 0. The van der Waals surface area contributed by atoms with Crippen LogP contribution in [-0.2, 0) is 6.54 Å². The summed E-state index contributed by atoms with van der Waals surface area (Å²) in [5.41, 5.74) is 5.49. The molecule has 0 N–H and O–H groups in total. The molecule has 0 amide bonds. The van der Waals surface area contributed by atoms with E-state index < -0.39 is 0 Å². The summed E-state index contributed by atoms with van der Waals surface area (Å²) in [5.74, 6) is 0. The van der Waals surface area contributed by atoms with Gasteiger partial charge in [-0.2, -0.15) is 0 Å². The van der Waals surface area contributed by atoms with E-state index in [2.05, 4.69) is 35.8 Å². The number of carbonyl (C=O) groups is 1. The van der Waals surface area contributed by atoms with E-state index in [1.807, 2.05) is 19.9 Å². The van der Waals surface area contributed by atoms with Crippen LogP contribution in [0, 0.1) is 20.8 Å². The molecule has 2 rings (SSSR count). The second-order valence-electron chi connectivity index (χ2n) is 4.52. The molecule has 0 saturated carbocycles. The minimum Gasteiger partial charge on any atom is -0.344 e. The van der Waals surface area contributed by atoms with E-state index in [-0.39, 0.29) is 0 Å². The molecule has 0 aliphatic heterocycles. The van der Waals surface area contributed by atoms with Crippen LogP contribution in [0.4, 0.5) is 0 Å². The third-order valence-corrected chi connectivity index (χ3v) is 3.16. The Morgan fingerprint density at radius 2 is 1.94 bits per heavy atom. The highest BCUT2D eigenvalue weighted by Gasteiger charge is 2.08. The van der Waals surface area contributed by atoms with Crippen LogP contribution < -0.4 is 0 Å². The molecule has 88 valence electrons. The molecule has 2 heteroatoms. The van der Waals surface area contributed by atoms with Crippen LogP contribution in [-0.4, -0.2) is 10.9 Å². The number of hydrogen-bond donors (Lipinski definition) is 0. The molecule has 2 aromatic rings. The summed E-state index contributed by atoms with van der Waals surface area (Å²) in [6, 6.07) is 10.4. The molecule has 0 atom stereocenters. The van der Waals surface area contributed by atoms with Crippen molar-refractivity contribution < 1.29 is 4.79 Å². The van der Waals surface area contributed by atoms with Crippen LogP contribution in [0.5, 0.6) is 0 Å². The topological polar surface area (TPSA) is 22.0 Å². The van der Waals surface area contributed by atoms with Crippen molar-refractivity contribution in [3.63, 3.8) is 0 Å². The Hall–Kier alpha value is -1.83. The molecular formula is C15H17NO. The first-order valence-electron chi connectivity index (χ1n) is 5.79. The minimum atomic E-state index is 0.787. The molecule has 0 saturated heterocycles. The lowest BCUT2D eigenvalue weighted by molar-refractivity contribution is 0.112. The van der Waals surface area contributed by atoms with Crippen molar-refractivity contribution in [1.82, 2.24) is 4.57 Å². The summed E-state index contributed by atoms with van der Waals surface area (Å²) in [4.78, 5) is 10.9. The van der Waals surface area contributed by atoms with Crippen molar-refractivity contribution in [2.75, 3.05) is 0 Å². The van der Waals surface area contributed by atoms with Crippen LogP contribution >= 0.6 is 0 Å². The van der Waals surface area contributed by atoms with Crippen LogP contribution in [0.15, 0.2) is 30.3 Å². The maximum Gasteiger partial charge on any atom is 0.151 e. The van der Waals surface area contributed by atoms with E-state index in [1.54, 1.807) is 0 Å². The highest BCUT2D eigenvalue weighted by Crippen LogP contribution is 2.16. The van der Waals surface area contributed by atoms with Crippen molar-refractivity contribution >= 4 is 6.29 Å². The van der Waals surface area contributed by atoms with Gasteiger partial charge in [0.2, 0.25) is 0 Å². The monoisotopic (exact) mass is 227 g/mol. The minimum absolute atomic E-state index is 0.787. The fourth-order valence-corrected chi connectivity index (χ4v) is 2.18. The first kappa shape index (κ1) is 11.6. The molecule has 2 nitrogen and oxygen atoms in total. The molecule has 1 aromatic carbocycles. The maximum absolute atomic E-state index is 10.9. The molecule has 0 aliphatic carbocycles. The van der Waals surface area contributed by atoms with E-state index in [4.69, 9.17) is 0 Å². The zero-order valence-corrected chi connectivity index (χ0v) is 10.5. The predicted octanol–water partition coefficient (Wildman–Crippen LogP) is 3.27. The fourth-order valence-electron chi connectivity index (χ4n) is 2.18. The number of aryl methyl sites for hydroxylation is 2. The molecular weight excluding hydrogens is 210 g/mol. The Bertz CT molecular complexity index is 552. The summed E-state index contributed by atoms with van der Waals surface area (Å²) < 4.78 is 2.18. The van der Waals surface area contributed by atoms with Gasteiger partial charge in [-0.15, -0.1) is 0 Å². The summed E-state index contributed by atoms with van der Waals surface area (Å²) in [6.45, 7) is 6.95. The zero-order valence-electron chi connectivity index (χ0n) is 10.5. The first-order valence-corrected chi connectivity index (χ1v) is 5.79. The van der Waals surface area contributed by atoms with Gasteiger partial charge in [0.15, 0.2) is 6.29 Å². The molecule has 0 unspecified atom stereocenters. The lowest BCUT2D eigenvalue weighted by atomic mass is 10.1. The number of nitrogens with zero attached hydrogens (tertiary/aromatic N) is 1. The standard InChI is InChI=1S/C15H17NO/c1-11-5-4-6-14(7-11)9-16-12(2)8-15(10-17)13(16)3/h4-8,10H,9H2,1-3H3. The molecule has 1 heterocycles. The number of carbonyl (C=O) groups excluding carboxylic acids is 1. The molecule has 0 aliphatic rings. The molecule has 0 radical (unpaired) electrons. The van der Waals surface area contributed by atoms with Gasteiger partial charge in [-0.3, -0.25) is 4.79 Å². The molecule has 0 bridgehead atoms. The number of benzene rings is 1. The predicted molar refractivity (Wildman–Crippen MR) is 69.6 cm³/mol. The quantitative estimate of drug-likeness (QED) is 0.738. The largest absolute Gasteiger partial charge is 0.344 e. The van der Waals surface area contributed by atoms with Crippen LogP contribution in [0.3, 0.4) is 0 Å². The highest BCUT2D eigenvalue weighted by atomic mass is 16.1. The molecule has 0 fully saturated rings. The van der Waals surface area contributed by atoms with E-state index in [1.165, 1.54) is 11.1 Å². The van der Waals surface area contributed by atoms with Crippen LogP contribution in [0.2, 0.25) is 0 Å². The number of hydrogen-bond acceptors (Lipinski definition) is 1. The van der Waals surface area contributed by atoms with E-state index >= 15 is 0 Å². The Balaban J connectivity index is 2.36. The second kappa shape index (κ2) is 4.58. The van der Waals surface area contributed by atoms with Gasteiger partial charge in [-0.05, 0) is 32.4 Å². The SMILES string of the molecule is Cc1cccc(Cn2c(C)cc(C=O)c2C)c1. The van der Waals surface area contributed by atoms with Crippen molar-refractivity contribution in [1.29, 1.82) is 0 Å². The Morgan fingerprint density at radius 3 is 2.53 bits per heavy atom. The van der Waals surface area contributed by atoms with Crippen LogP contribution in [0.25, 0.3) is 0 Å². The van der Waals surface area contributed by atoms with E-state index in [9.17, 15) is 4.79 Å². The fraction of sp³-hybridized carbons (Fsp3) is 0.267. The zero-order chi connectivity index (χ0) is 12.4. The van der Waals surface area contributed by atoms with Crippen molar-refractivity contribution in [2.24, 2.45) is 0 Å². The highest BCUT2D eigenvalue weighted by molar-refractivity contribution is 5.77. The third kappa shape index (κ3) is 2.31. The van der Waals surface area contributed by atoms with Crippen molar-refractivity contribution in [2.45, 2.75) is 27.3 Å². The lowest BCUT2D eigenvalue weighted by Gasteiger charge is -2.10. The van der Waals surface area contributed by atoms with Gasteiger partial charge in [0.05, 0.1) is 0 Å². The van der Waals surface area contributed by atoms with Gasteiger partial charge in [0, 0.05) is 23.5 Å². The average Bonchev–Trinajstić information content (AvgIpc) is 2.56. The maximum atomic E-state index is 10.9. The van der Waals surface area contributed by atoms with E-state index in [0.717, 1.165) is 29.8 Å². The van der Waals surface area contributed by atoms with Gasteiger partial charge < -0.3 is 4.57 Å². The summed E-state index contributed by atoms with van der Waals surface area (Å²) in [5, 5.41) is 0. The van der Waals surface area contributed by atoms with Gasteiger partial charge in [0.1, 0.15) is 0 Å². The molecule has 17 heavy (non-hydrogen) atoms. The molecule has 0 spiro atoms. The summed E-state index contributed by atoms with van der Waals surface area (Å²) in [7, 11) is 0. The van der Waals surface area contributed by atoms with Crippen LogP contribution in [0.1, 0.15) is 32.9 Å². The number of aldehydes is 1. The third-order valence-electron chi connectivity index (χ3n) is 3.16. The van der Waals surface area contributed by atoms with Gasteiger partial charge in [-0.1, -0.05) is 29.8 Å². The van der Waals surface area contributed by atoms with Gasteiger partial charge in [0.25, 0.3) is 0 Å². The second-order valence-corrected chi connectivity index (χ2v) is 4.52. The van der Waals surface area contributed by atoms with Gasteiger partial charge >= 0.3 is 0 Å². The summed E-state index contributed by atoms with van der Waals surface area (Å²) in [6.07, 6.45) is 0.926. The Kier molecular flexibility index (Phi) is 3.14. The van der Waals surface area contributed by atoms with Gasteiger partial charge in [-0.25, -0.2) is 0 Å². The molecule has 1 aromatic heterocycles. The Morgan fingerprint density at radius 1 is 1.18 bits per heavy atom. The average molecular weight is 227 g/mol. The smallest absolute Gasteiger partial charge is 0.151 e. The number of rotatable bonds is 3. The lowest BCUT2D eigenvalue weighted by Crippen LogP contribution is -2.04. The first-order chi connectivity index (χ1) is 8.11. The normalized spacial score (nSPS) is 10.5. The van der Waals surface area contributed by atoms with E-state index in [0.29, 0.717) is 0 Å². The van der Waals surface area contributed by atoms with Crippen molar-refractivity contribution in [3.05, 3.63) is 58.4 Å². The number of aromatic nitrogens is 1.